The van der Waals surface area contributed by atoms with Crippen LogP contribution >= 0.6 is 47.2 Å². The van der Waals surface area contributed by atoms with Crippen LogP contribution in [-0.2, 0) is 20.9 Å². The molecule has 2 aromatic carbocycles. The Hall–Kier alpha value is -2.26. The highest BCUT2D eigenvalue weighted by Gasteiger charge is 2.32. The van der Waals surface area contributed by atoms with Crippen LogP contribution in [0.3, 0.4) is 0 Å². The number of carbonyl (C=O) groups excluding carboxylic acids is 2. The number of carbonyl (C=O) groups is 2. The summed E-state index contributed by atoms with van der Waals surface area (Å²) in [6.45, 7) is 2.72. The van der Waals surface area contributed by atoms with Gasteiger partial charge in [-0.15, -0.1) is 0 Å². The molecule has 10 heteroatoms. The molecule has 3 rings (SSSR count). The molecule has 0 bridgehead atoms. The fourth-order valence-corrected chi connectivity index (χ4v) is 4.79. The Labute approximate surface area is 218 Å². The van der Waals surface area contributed by atoms with Crippen LogP contribution in [0, 0.1) is 0 Å². The van der Waals surface area contributed by atoms with Crippen molar-refractivity contribution in [1.29, 1.82) is 0 Å². The summed E-state index contributed by atoms with van der Waals surface area (Å²) < 4.78 is 16.8. The number of hydrogen-bond acceptors (Lipinski definition) is 7. The molecule has 0 atom stereocenters. The maximum atomic E-state index is 12.8. The molecule has 0 aromatic heterocycles. The van der Waals surface area contributed by atoms with Gasteiger partial charge in [0.05, 0.1) is 25.0 Å². The van der Waals surface area contributed by atoms with Gasteiger partial charge in [-0.25, -0.2) is 0 Å². The molecule has 1 aliphatic rings. The van der Waals surface area contributed by atoms with Gasteiger partial charge in [0.1, 0.15) is 10.9 Å². The Morgan fingerprint density at radius 3 is 2.68 bits per heavy atom. The minimum Gasteiger partial charge on any atom is -0.493 e. The number of ether oxygens (including phenoxy) is 3. The molecule has 0 radical (unpaired) electrons. The Balaban J connectivity index is 1.67. The summed E-state index contributed by atoms with van der Waals surface area (Å²) in [5, 5.41) is 1.07. The number of hydrogen-bond donors (Lipinski definition) is 0. The van der Waals surface area contributed by atoms with Crippen molar-refractivity contribution in [2.24, 2.45) is 0 Å². The van der Waals surface area contributed by atoms with E-state index < -0.39 is 0 Å². The van der Waals surface area contributed by atoms with Crippen LogP contribution in [0.5, 0.6) is 11.5 Å². The maximum absolute atomic E-state index is 12.8. The van der Waals surface area contributed by atoms with Crippen LogP contribution in [0.2, 0.25) is 10.0 Å². The molecule has 0 spiro atoms. The van der Waals surface area contributed by atoms with Crippen molar-refractivity contribution < 1.29 is 23.8 Å². The van der Waals surface area contributed by atoms with E-state index in [9.17, 15) is 9.59 Å². The Morgan fingerprint density at radius 1 is 1.18 bits per heavy atom. The van der Waals surface area contributed by atoms with Gasteiger partial charge in [0.15, 0.2) is 11.5 Å². The number of thiocarbonyl (C=S) groups is 1. The molecule has 6 nitrogen and oxygen atoms in total. The smallest absolute Gasteiger partial charge is 0.307 e. The van der Waals surface area contributed by atoms with E-state index in [1.807, 2.05) is 13.0 Å². The highest BCUT2D eigenvalue weighted by atomic mass is 35.5. The summed E-state index contributed by atoms with van der Waals surface area (Å²) >= 11 is 18.7. The van der Waals surface area contributed by atoms with Gasteiger partial charge in [0.2, 0.25) is 0 Å². The summed E-state index contributed by atoms with van der Waals surface area (Å²) in [6.07, 6.45) is 2.58. The number of amides is 1. The van der Waals surface area contributed by atoms with Crippen LogP contribution in [0.15, 0.2) is 41.3 Å². The van der Waals surface area contributed by atoms with E-state index in [0.717, 1.165) is 17.5 Å². The molecule has 1 heterocycles. The van der Waals surface area contributed by atoms with Crippen molar-refractivity contribution in [2.45, 2.75) is 26.4 Å². The lowest BCUT2D eigenvalue weighted by molar-refractivity contribution is -0.143. The third-order valence-electron chi connectivity index (χ3n) is 4.76. The lowest BCUT2D eigenvalue weighted by atomic mass is 10.1. The molecule has 0 aliphatic carbocycles. The third-order valence-corrected chi connectivity index (χ3v) is 6.73. The number of halogens is 2. The molecular weight excluding hydrogens is 517 g/mol. The summed E-state index contributed by atoms with van der Waals surface area (Å²) in [6, 6.07) is 10.6. The van der Waals surface area contributed by atoms with Crippen molar-refractivity contribution in [3.05, 3.63) is 62.5 Å². The highest BCUT2D eigenvalue weighted by molar-refractivity contribution is 8.26. The van der Waals surface area contributed by atoms with Gasteiger partial charge in [0, 0.05) is 22.2 Å². The largest absolute Gasteiger partial charge is 0.493 e. The van der Waals surface area contributed by atoms with Gasteiger partial charge in [-0.05, 0) is 42.3 Å². The third kappa shape index (κ3) is 6.88. The standard InChI is InChI=1S/C24H23Cl2NO5S2/c1-3-10-31-22(28)8-9-27-23(29)21(34-24(27)33)12-15-4-7-19(20(11-15)30-2)32-14-16-5-6-17(25)13-18(16)26/h4-7,11-13H,3,8-10,14H2,1-2H3/b21-12-. The van der Waals surface area contributed by atoms with Gasteiger partial charge < -0.3 is 14.2 Å². The summed E-state index contributed by atoms with van der Waals surface area (Å²) in [4.78, 5) is 26.5. The molecule has 1 fully saturated rings. The van der Waals surface area contributed by atoms with Crippen molar-refractivity contribution in [3.8, 4) is 11.5 Å². The molecular formula is C24H23Cl2NO5S2. The minimum atomic E-state index is -0.347. The van der Waals surface area contributed by atoms with E-state index in [1.165, 1.54) is 16.7 Å². The van der Waals surface area contributed by atoms with Crippen LogP contribution in [0.4, 0.5) is 0 Å². The first-order valence-electron chi connectivity index (χ1n) is 10.5. The Bertz CT molecular complexity index is 1120. The van der Waals surface area contributed by atoms with Crippen LogP contribution in [0.25, 0.3) is 6.08 Å². The van der Waals surface area contributed by atoms with Gasteiger partial charge in [-0.3, -0.25) is 14.5 Å². The van der Waals surface area contributed by atoms with Gasteiger partial charge in [0.25, 0.3) is 5.91 Å². The number of esters is 1. The van der Waals surface area contributed by atoms with Crippen molar-refractivity contribution in [2.75, 3.05) is 20.3 Å². The molecule has 180 valence electrons. The lowest BCUT2D eigenvalue weighted by Gasteiger charge is -2.13. The topological polar surface area (TPSA) is 65.1 Å². The van der Waals surface area contributed by atoms with E-state index >= 15 is 0 Å². The SMILES string of the molecule is CCCOC(=O)CCN1C(=O)/C(=C/c2ccc(OCc3ccc(Cl)cc3Cl)c(OC)c2)SC1=S. The lowest BCUT2D eigenvalue weighted by Crippen LogP contribution is -2.30. The monoisotopic (exact) mass is 539 g/mol. The van der Waals surface area contributed by atoms with Gasteiger partial charge in [-0.1, -0.05) is 66.2 Å². The number of methoxy groups -OCH3 is 1. The minimum absolute atomic E-state index is 0.0945. The van der Waals surface area contributed by atoms with Gasteiger partial charge >= 0.3 is 5.97 Å². The molecule has 1 amide bonds. The Kier molecular flexibility index (Phi) is 9.64. The quantitative estimate of drug-likeness (QED) is 0.204. The second kappa shape index (κ2) is 12.4. The zero-order valence-electron chi connectivity index (χ0n) is 18.6. The molecule has 1 aliphatic heterocycles. The summed E-state index contributed by atoms with van der Waals surface area (Å²) in [7, 11) is 1.54. The van der Waals surface area contributed by atoms with E-state index in [-0.39, 0.29) is 31.4 Å². The second-order valence-electron chi connectivity index (χ2n) is 7.24. The van der Waals surface area contributed by atoms with E-state index in [2.05, 4.69) is 0 Å². The number of nitrogens with zero attached hydrogens (tertiary/aromatic N) is 1. The fourth-order valence-electron chi connectivity index (χ4n) is 3.02. The first kappa shape index (κ1) is 26.3. The Morgan fingerprint density at radius 2 is 1.97 bits per heavy atom. The normalized spacial score (nSPS) is 14.6. The average Bonchev–Trinajstić information content (AvgIpc) is 3.08. The molecule has 2 aromatic rings. The predicted octanol–water partition coefficient (Wildman–Crippen LogP) is 6.13. The van der Waals surface area contributed by atoms with E-state index in [1.54, 1.807) is 43.5 Å². The zero-order chi connectivity index (χ0) is 24.7. The van der Waals surface area contributed by atoms with Crippen LogP contribution in [-0.4, -0.2) is 41.4 Å². The summed E-state index contributed by atoms with van der Waals surface area (Å²) in [5.41, 5.74) is 1.54. The first-order chi connectivity index (χ1) is 16.3. The molecule has 34 heavy (non-hydrogen) atoms. The molecule has 0 saturated carbocycles. The number of thioether (sulfide) groups is 1. The van der Waals surface area contributed by atoms with Crippen molar-refractivity contribution in [3.63, 3.8) is 0 Å². The average molecular weight is 540 g/mol. The molecule has 0 unspecified atom stereocenters. The highest BCUT2D eigenvalue weighted by Crippen LogP contribution is 2.35. The first-order valence-corrected chi connectivity index (χ1v) is 12.5. The maximum Gasteiger partial charge on any atom is 0.307 e. The zero-order valence-corrected chi connectivity index (χ0v) is 21.8. The molecule has 1 saturated heterocycles. The fraction of sp³-hybridized carbons (Fsp3) is 0.292. The number of rotatable bonds is 10. The second-order valence-corrected chi connectivity index (χ2v) is 9.76. The predicted molar refractivity (Wildman–Crippen MR) is 140 cm³/mol. The molecule has 0 N–H and O–H groups in total. The van der Waals surface area contributed by atoms with Crippen molar-refractivity contribution in [1.82, 2.24) is 4.90 Å². The number of benzene rings is 2. The van der Waals surface area contributed by atoms with Gasteiger partial charge in [-0.2, -0.15) is 0 Å². The van der Waals surface area contributed by atoms with E-state index in [4.69, 9.17) is 49.6 Å². The summed E-state index contributed by atoms with van der Waals surface area (Å²) in [5.74, 6) is 0.451. The van der Waals surface area contributed by atoms with Crippen molar-refractivity contribution >= 4 is 69.5 Å². The van der Waals surface area contributed by atoms with E-state index in [0.29, 0.717) is 37.4 Å². The van der Waals surface area contributed by atoms with Crippen LogP contribution in [0.1, 0.15) is 30.9 Å². The van der Waals surface area contributed by atoms with Crippen LogP contribution < -0.4 is 9.47 Å².